The third kappa shape index (κ3) is 4.88. The van der Waals surface area contributed by atoms with Crippen LogP contribution in [0.2, 0.25) is 0 Å². The van der Waals surface area contributed by atoms with E-state index in [1.807, 2.05) is 0 Å². The van der Waals surface area contributed by atoms with Gasteiger partial charge < -0.3 is 14.8 Å². The summed E-state index contributed by atoms with van der Waals surface area (Å²) in [5.41, 5.74) is 0.264. The van der Waals surface area contributed by atoms with Gasteiger partial charge in [0.2, 0.25) is 5.88 Å². The number of carbonyl (C=O) groups excluding carboxylic acids is 2. The predicted octanol–water partition coefficient (Wildman–Crippen LogP) is 1.70. The van der Waals surface area contributed by atoms with Gasteiger partial charge >= 0.3 is 5.97 Å². The molecule has 1 amide bonds. The number of methoxy groups -OCH3 is 2. The van der Waals surface area contributed by atoms with E-state index in [0.29, 0.717) is 5.84 Å². The molecule has 0 spiro atoms. The molecule has 0 aliphatic rings. The standard InChI is InChI=1S/C18H19N5O4/c1-12(5-7-14(19-2)23-10-9-20-11-23)17(24)21-13-6-8-15(26-3)22-16(13)18(25)27-4/h5-11H,1H2,2-4H3,(H,21,24)/b7-5-,19-14?. The lowest BCUT2D eigenvalue weighted by molar-refractivity contribution is -0.112. The number of amides is 1. The number of hydrogen-bond donors (Lipinski definition) is 1. The van der Waals surface area contributed by atoms with Gasteiger partial charge in [0.15, 0.2) is 5.69 Å². The number of imidazole rings is 1. The Morgan fingerprint density at radius 3 is 2.67 bits per heavy atom. The Morgan fingerprint density at radius 2 is 2.07 bits per heavy atom. The predicted molar refractivity (Wildman–Crippen MR) is 100 cm³/mol. The number of carbonyl (C=O) groups is 2. The minimum absolute atomic E-state index is 0.0730. The molecule has 0 radical (unpaired) electrons. The second-order valence-electron chi connectivity index (χ2n) is 5.11. The highest BCUT2D eigenvalue weighted by molar-refractivity contribution is 6.09. The van der Waals surface area contributed by atoms with Crippen LogP contribution in [-0.4, -0.2) is 53.5 Å². The van der Waals surface area contributed by atoms with Crippen LogP contribution in [0.15, 0.2) is 60.2 Å². The van der Waals surface area contributed by atoms with Crippen LogP contribution in [0.4, 0.5) is 5.69 Å². The maximum absolute atomic E-state index is 12.4. The molecule has 2 aromatic heterocycles. The Bertz CT molecular complexity index is 900. The van der Waals surface area contributed by atoms with Crippen molar-refractivity contribution in [2.75, 3.05) is 26.6 Å². The van der Waals surface area contributed by atoms with Crippen molar-refractivity contribution in [3.05, 3.63) is 60.9 Å². The summed E-state index contributed by atoms with van der Waals surface area (Å²) in [4.78, 5) is 36.3. The van der Waals surface area contributed by atoms with Crippen molar-refractivity contribution in [1.29, 1.82) is 0 Å². The third-order valence-corrected chi connectivity index (χ3v) is 3.43. The van der Waals surface area contributed by atoms with Crippen molar-refractivity contribution in [2.45, 2.75) is 0 Å². The molecular weight excluding hydrogens is 350 g/mol. The second kappa shape index (κ2) is 9.09. The average Bonchev–Trinajstić information content (AvgIpc) is 3.22. The quantitative estimate of drug-likeness (QED) is 0.273. The number of pyridine rings is 1. The molecule has 0 aromatic carbocycles. The van der Waals surface area contributed by atoms with Gasteiger partial charge in [0.1, 0.15) is 12.2 Å². The molecule has 2 heterocycles. The van der Waals surface area contributed by atoms with Gasteiger partial charge in [-0.05, 0) is 18.2 Å². The molecule has 0 fully saturated rings. The molecule has 0 saturated heterocycles. The molecular formula is C18H19N5O4. The second-order valence-corrected chi connectivity index (χ2v) is 5.11. The van der Waals surface area contributed by atoms with Crippen LogP contribution in [0.5, 0.6) is 5.88 Å². The number of esters is 1. The molecule has 0 aliphatic carbocycles. The summed E-state index contributed by atoms with van der Waals surface area (Å²) in [5.74, 6) is -0.422. The van der Waals surface area contributed by atoms with Gasteiger partial charge in [-0.25, -0.2) is 14.8 Å². The van der Waals surface area contributed by atoms with Crippen LogP contribution < -0.4 is 10.1 Å². The number of nitrogens with zero attached hydrogens (tertiary/aromatic N) is 4. The molecule has 0 saturated carbocycles. The fourth-order valence-electron chi connectivity index (χ4n) is 2.03. The Kier molecular flexibility index (Phi) is 6.59. The lowest BCUT2D eigenvalue weighted by Gasteiger charge is -2.10. The van der Waals surface area contributed by atoms with Crippen LogP contribution in [0, 0.1) is 0 Å². The lowest BCUT2D eigenvalue weighted by Crippen LogP contribution is -2.17. The smallest absolute Gasteiger partial charge is 0.358 e. The van der Waals surface area contributed by atoms with Crippen LogP contribution in [0.1, 0.15) is 10.5 Å². The fraction of sp³-hybridized carbons (Fsp3) is 0.167. The number of aromatic nitrogens is 3. The van der Waals surface area contributed by atoms with Gasteiger partial charge in [-0.3, -0.25) is 14.4 Å². The Morgan fingerprint density at radius 1 is 1.30 bits per heavy atom. The fourth-order valence-corrected chi connectivity index (χ4v) is 2.03. The van der Waals surface area contributed by atoms with Crippen LogP contribution in [0.25, 0.3) is 0 Å². The van der Waals surface area contributed by atoms with E-state index in [1.54, 1.807) is 36.4 Å². The molecule has 9 heteroatoms. The van der Waals surface area contributed by atoms with Crippen LogP contribution in [-0.2, 0) is 9.53 Å². The van der Waals surface area contributed by atoms with E-state index < -0.39 is 11.9 Å². The number of allylic oxidation sites excluding steroid dienone is 1. The maximum atomic E-state index is 12.4. The summed E-state index contributed by atoms with van der Waals surface area (Å²) in [5, 5.41) is 2.59. The van der Waals surface area contributed by atoms with Crippen molar-refractivity contribution < 1.29 is 19.1 Å². The summed E-state index contributed by atoms with van der Waals surface area (Å²) < 4.78 is 11.4. The summed E-state index contributed by atoms with van der Waals surface area (Å²) in [6.07, 6.45) is 8.05. The van der Waals surface area contributed by atoms with Gasteiger partial charge in [-0.15, -0.1) is 0 Å². The molecule has 2 rings (SSSR count). The summed E-state index contributed by atoms with van der Waals surface area (Å²) in [6, 6.07) is 3.01. The molecule has 0 bridgehead atoms. The van der Waals surface area contributed by atoms with Crippen molar-refractivity contribution in [2.24, 2.45) is 4.99 Å². The summed E-state index contributed by atoms with van der Waals surface area (Å²) in [7, 11) is 4.26. The minimum Gasteiger partial charge on any atom is -0.481 e. The number of rotatable bonds is 6. The highest BCUT2D eigenvalue weighted by Gasteiger charge is 2.17. The van der Waals surface area contributed by atoms with E-state index in [0.717, 1.165) is 0 Å². The van der Waals surface area contributed by atoms with Gasteiger partial charge in [0.25, 0.3) is 5.91 Å². The number of hydrogen-bond acceptors (Lipinski definition) is 7. The summed E-state index contributed by atoms with van der Waals surface area (Å²) in [6.45, 7) is 3.73. The summed E-state index contributed by atoms with van der Waals surface area (Å²) >= 11 is 0. The Balaban J connectivity index is 2.16. The van der Waals surface area contributed by atoms with E-state index in [-0.39, 0.29) is 22.8 Å². The van der Waals surface area contributed by atoms with Crippen molar-refractivity contribution in [3.8, 4) is 5.88 Å². The van der Waals surface area contributed by atoms with E-state index in [2.05, 4.69) is 31.6 Å². The van der Waals surface area contributed by atoms with Crippen LogP contribution >= 0.6 is 0 Å². The highest BCUT2D eigenvalue weighted by atomic mass is 16.5. The Labute approximate surface area is 156 Å². The van der Waals surface area contributed by atoms with Gasteiger partial charge in [-0.1, -0.05) is 6.58 Å². The van der Waals surface area contributed by atoms with Gasteiger partial charge in [0, 0.05) is 31.1 Å². The number of aliphatic imine (C=N–C) groups is 1. The molecule has 140 valence electrons. The number of ether oxygens (including phenoxy) is 2. The monoisotopic (exact) mass is 369 g/mol. The molecule has 0 aliphatic heterocycles. The lowest BCUT2D eigenvalue weighted by atomic mass is 10.2. The van der Waals surface area contributed by atoms with Crippen molar-refractivity contribution in [1.82, 2.24) is 14.5 Å². The highest BCUT2D eigenvalue weighted by Crippen LogP contribution is 2.19. The van der Waals surface area contributed by atoms with E-state index in [4.69, 9.17) is 4.74 Å². The van der Waals surface area contributed by atoms with Crippen molar-refractivity contribution in [3.63, 3.8) is 0 Å². The first-order valence-electron chi connectivity index (χ1n) is 7.77. The minimum atomic E-state index is -0.703. The van der Waals surface area contributed by atoms with E-state index >= 15 is 0 Å². The first kappa shape index (κ1) is 19.6. The zero-order valence-electron chi connectivity index (χ0n) is 15.2. The topological polar surface area (TPSA) is 108 Å². The normalized spacial score (nSPS) is 11.3. The molecule has 9 nitrogen and oxygen atoms in total. The zero-order valence-corrected chi connectivity index (χ0v) is 15.2. The zero-order chi connectivity index (χ0) is 19.8. The van der Waals surface area contributed by atoms with E-state index in [9.17, 15) is 9.59 Å². The van der Waals surface area contributed by atoms with Gasteiger partial charge in [0.05, 0.1) is 19.9 Å². The number of anilines is 1. The first-order valence-corrected chi connectivity index (χ1v) is 7.77. The largest absolute Gasteiger partial charge is 0.481 e. The molecule has 0 atom stereocenters. The third-order valence-electron chi connectivity index (χ3n) is 3.43. The van der Waals surface area contributed by atoms with Crippen molar-refractivity contribution >= 4 is 23.4 Å². The van der Waals surface area contributed by atoms with Gasteiger partial charge in [-0.2, -0.15) is 0 Å². The molecule has 0 unspecified atom stereocenters. The maximum Gasteiger partial charge on any atom is 0.358 e. The first-order chi connectivity index (χ1) is 13.0. The SMILES string of the molecule is C=C(/C=C\C(=NC)n1ccnc1)C(=O)Nc1ccc(OC)nc1C(=O)OC. The molecule has 2 aromatic rings. The molecule has 1 N–H and O–H groups in total. The average molecular weight is 369 g/mol. The Hall–Kier alpha value is -3.75. The van der Waals surface area contributed by atoms with E-state index in [1.165, 1.54) is 32.4 Å². The van der Waals surface area contributed by atoms with Crippen LogP contribution in [0.3, 0.4) is 0 Å². The molecule has 27 heavy (non-hydrogen) atoms. The number of nitrogens with one attached hydrogen (secondary N) is 1.